The number of anilines is 1. The first-order valence-electron chi connectivity index (χ1n) is 5.04. The molecule has 0 fully saturated rings. The quantitative estimate of drug-likeness (QED) is 0.869. The summed E-state index contributed by atoms with van der Waals surface area (Å²) in [5.41, 5.74) is 0. The van der Waals surface area contributed by atoms with Crippen molar-refractivity contribution in [3.8, 4) is 0 Å². The van der Waals surface area contributed by atoms with Crippen molar-refractivity contribution < 1.29 is 8.78 Å². The number of aromatic nitrogens is 4. The van der Waals surface area contributed by atoms with Crippen LogP contribution in [0.4, 0.5) is 14.6 Å². The molecule has 0 radical (unpaired) electrons. The zero-order valence-electron chi connectivity index (χ0n) is 9.19. The van der Waals surface area contributed by atoms with Crippen molar-refractivity contribution in [2.24, 2.45) is 7.05 Å². The molecule has 0 spiro atoms. The van der Waals surface area contributed by atoms with E-state index in [9.17, 15) is 8.78 Å². The van der Waals surface area contributed by atoms with E-state index in [1.807, 2.05) is 7.05 Å². The van der Waals surface area contributed by atoms with Crippen LogP contribution in [0.1, 0.15) is 5.82 Å². The average Bonchev–Trinajstić information content (AvgIpc) is 2.68. The second kappa shape index (κ2) is 4.86. The van der Waals surface area contributed by atoms with Gasteiger partial charge in [-0.15, -0.1) is 10.2 Å². The molecule has 0 aliphatic rings. The van der Waals surface area contributed by atoms with Crippen molar-refractivity contribution >= 4 is 5.82 Å². The molecule has 0 unspecified atom stereocenters. The molecule has 2 aromatic rings. The second-order valence-electron chi connectivity index (χ2n) is 3.52. The van der Waals surface area contributed by atoms with Crippen molar-refractivity contribution in [3.63, 3.8) is 0 Å². The zero-order chi connectivity index (χ0) is 12.3. The molecule has 0 amide bonds. The van der Waals surface area contributed by atoms with Crippen molar-refractivity contribution in [1.29, 1.82) is 0 Å². The molecule has 5 nitrogen and oxygen atoms in total. The minimum absolute atomic E-state index is 0.0357. The fourth-order valence-corrected chi connectivity index (χ4v) is 1.37. The molecule has 1 N–H and O–H groups in total. The molecule has 0 aliphatic heterocycles. The van der Waals surface area contributed by atoms with Crippen molar-refractivity contribution in [2.45, 2.75) is 6.42 Å². The first-order chi connectivity index (χ1) is 8.16. The number of rotatable bonds is 4. The largest absolute Gasteiger partial charge is 0.367 e. The van der Waals surface area contributed by atoms with Gasteiger partial charge in [0.05, 0.1) is 6.20 Å². The predicted octanol–water partition coefficient (Wildman–Crippen LogP) is 1.14. The monoisotopic (exact) mass is 239 g/mol. The van der Waals surface area contributed by atoms with Gasteiger partial charge in [-0.1, -0.05) is 0 Å². The van der Waals surface area contributed by atoms with Gasteiger partial charge >= 0.3 is 0 Å². The van der Waals surface area contributed by atoms with Crippen LogP contribution in [-0.2, 0) is 13.5 Å². The summed E-state index contributed by atoms with van der Waals surface area (Å²) in [5, 5.41) is 10.4. The first kappa shape index (κ1) is 11.4. The van der Waals surface area contributed by atoms with E-state index in [0.29, 0.717) is 13.0 Å². The van der Waals surface area contributed by atoms with E-state index >= 15 is 0 Å². The maximum absolute atomic E-state index is 13.2. The number of hydrogen-bond donors (Lipinski definition) is 1. The maximum Gasteiger partial charge on any atom is 0.168 e. The molecular weight excluding hydrogens is 228 g/mol. The highest BCUT2D eigenvalue weighted by molar-refractivity contribution is 5.35. The molecule has 0 saturated heterocycles. The fourth-order valence-electron chi connectivity index (χ4n) is 1.37. The number of nitrogens with zero attached hydrogens (tertiary/aromatic N) is 4. The van der Waals surface area contributed by atoms with Crippen LogP contribution < -0.4 is 5.32 Å². The van der Waals surface area contributed by atoms with E-state index < -0.39 is 11.6 Å². The first-order valence-corrected chi connectivity index (χ1v) is 5.04. The Labute approximate surface area is 96.5 Å². The van der Waals surface area contributed by atoms with Crippen molar-refractivity contribution in [3.05, 3.63) is 36.0 Å². The highest BCUT2D eigenvalue weighted by Gasteiger charge is 2.05. The van der Waals surface area contributed by atoms with Gasteiger partial charge in [0.15, 0.2) is 11.6 Å². The highest BCUT2D eigenvalue weighted by atomic mass is 19.1. The molecule has 0 atom stereocenters. The van der Waals surface area contributed by atoms with Gasteiger partial charge in [0.25, 0.3) is 0 Å². The topological polar surface area (TPSA) is 55.6 Å². The van der Waals surface area contributed by atoms with Gasteiger partial charge < -0.3 is 9.88 Å². The second-order valence-corrected chi connectivity index (χ2v) is 3.52. The van der Waals surface area contributed by atoms with E-state index in [-0.39, 0.29) is 5.82 Å². The Kier molecular flexibility index (Phi) is 3.27. The molecule has 17 heavy (non-hydrogen) atoms. The Morgan fingerprint density at radius 3 is 2.88 bits per heavy atom. The van der Waals surface area contributed by atoms with E-state index in [2.05, 4.69) is 20.5 Å². The van der Waals surface area contributed by atoms with Gasteiger partial charge in [-0.3, -0.25) is 0 Å². The summed E-state index contributed by atoms with van der Waals surface area (Å²) in [6.07, 6.45) is 3.13. The van der Waals surface area contributed by atoms with Gasteiger partial charge in [0, 0.05) is 26.1 Å². The third-order valence-corrected chi connectivity index (χ3v) is 2.25. The average molecular weight is 239 g/mol. The molecule has 7 heteroatoms. The normalized spacial score (nSPS) is 10.5. The summed E-state index contributed by atoms with van der Waals surface area (Å²) in [5.74, 6) is -0.585. The molecule has 0 saturated carbocycles. The van der Waals surface area contributed by atoms with E-state index in [0.717, 1.165) is 18.1 Å². The minimum Gasteiger partial charge on any atom is -0.367 e. The van der Waals surface area contributed by atoms with Crippen molar-refractivity contribution in [2.75, 3.05) is 11.9 Å². The summed E-state index contributed by atoms with van der Waals surface area (Å²) in [6.45, 7) is 0.447. The van der Waals surface area contributed by atoms with Gasteiger partial charge in [0.1, 0.15) is 18.0 Å². The van der Waals surface area contributed by atoms with Crippen LogP contribution in [0.3, 0.4) is 0 Å². The molecule has 90 valence electrons. The van der Waals surface area contributed by atoms with E-state index in [4.69, 9.17) is 0 Å². The zero-order valence-corrected chi connectivity index (χ0v) is 9.19. The van der Waals surface area contributed by atoms with Gasteiger partial charge in [-0.05, 0) is 0 Å². The van der Waals surface area contributed by atoms with Crippen LogP contribution in [0.2, 0.25) is 0 Å². The van der Waals surface area contributed by atoms with Crippen LogP contribution in [0, 0.1) is 11.6 Å². The summed E-state index contributed by atoms with van der Waals surface area (Å²) in [6, 6.07) is 0.789. The van der Waals surface area contributed by atoms with Crippen LogP contribution in [0.15, 0.2) is 18.6 Å². The lowest BCUT2D eigenvalue weighted by Gasteiger charge is -2.05. The number of pyridine rings is 1. The number of hydrogen-bond acceptors (Lipinski definition) is 4. The van der Waals surface area contributed by atoms with E-state index in [1.165, 1.54) is 0 Å². The van der Waals surface area contributed by atoms with Crippen LogP contribution in [0.25, 0.3) is 0 Å². The SMILES string of the molecule is Cn1cnnc1CCNc1ncc(F)cc1F. The standard InChI is InChI=1S/C10H11F2N5/c1-17-6-15-16-9(17)2-3-13-10-8(12)4-7(11)5-14-10/h4-6H,2-3H2,1H3,(H,13,14). The summed E-state index contributed by atoms with van der Waals surface area (Å²) < 4.78 is 27.6. The molecule has 0 aromatic carbocycles. The fraction of sp³-hybridized carbons (Fsp3) is 0.300. The van der Waals surface area contributed by atoms with Crippen LogP contribution >= 0.6 is 0 Å². The number of nitrogens with one attached hydrogen (secondary N) is 1. The lowest BCUT2D eigenvalue weighted by Crippen LogP contribution is -2.10. The Bertz CT molecular complexity index is 511. The lowest BCUT2D eigenvalue weighted by molar-refractivity contribution is 0.575. The third kappa shape index (κ3) is 2.74. The van der Waals surface area contributed by atoms with Gasteiger partial charge in [-0.25, -0.2) is 13.8 Å². The molecule has 0 aliphatic carbocycles. The summed E-state index contributed by atoms with van der Waals surface area (Å²) >= 11 is 0. The Morgan fingerprint density at radius 2 is 2.24 bits per heavy atom. The highest BCUT2D eigenvalue weighted by Crippen LogP contribution is 2.10. The Balaban J connectivity index is 1.92. The van der Waals surface area contributed by atoms with Crippen LogP contribution in [0.5, 0.6) is 0 Å². The molecule has 2 rings (SSSR count). The van der Waals surface area contributed by atoms with E-state index in [1.54, 1.807) is 10.9 Å². The third-order valence-electron chi connectivity index (χ3n) is 2.25. The van der Waals surface area contributed by atoms with Gasteiger partial charge in [0.2, 0.25) is 0 Å². The van der Waals surface area contributed by atoms with Crippen molar-refractivity contribution in [1.82, 2.24) is 19.7 Å². The summed E-state index contributed by atoms with van der Waals surface area (Å²) in [4.78, 5) is 3.62. The Hall–Kier alpha value is -2.05. The van der Waals surface area contributed by atoms with Crippen LogP contribution in [-0.4, -0.2) is 26.3 Å². The van der Waals surface area contributed by atoms with Gasteiger partial charge in [-0.2, -0.15) is 0 Å². The Morgan fingerprint density at radius 1 is 1.41 bits per heavy atom. The molecule has 0 bridgehead atoms. The lowest BCUT2D eigenvalue weighted by atomic mass is 10.3. The molecule has 2 heterocycles. The summed E-state index contributed by atoms with van der Waals surface area (Å²) in [7, 11) is 1.83. The number of aryl methyl sites for hydroxylation is 1. The smallest absolute Gasteiger partial charge is 0.168 e. The predicted molar refractivity (Wildman–Crippen MR) is 57.3 cm³/mol. The minimum atomic E-state index is -0.706. The molecule has 2 aromatic heterocycles. The number of halogens is 2. The maximum atomic E-state index is 13.2. The molecular formula is C10H11F2N5.